The minimum Gasteiger partial charge on any atom is -0.468 e. The Morgan fingerprint density at radius 1 is 1.09 bits per heavy atom. The molecule has 0 N–H and O–H groups in total. The molecule has 0 aromatic heterocycles. The van der Waals surface area contributed by atoms with E-state index in [9.17, 15) is 9.59 Å². The zero-order valence-corrected chi connectivity index (χ0v) is 15.6. The lowest BCUT2D eigenvalue weighted by molar-refractivity contribution is -0.160. The van der Waals surface area contributed by atoms with Gasteiger partial charge in [0, 0.05) is 5.92 Å². The third-order valence-corrected chi connectivity index (χ3v) is 9.17. The first-order valence-electron chi connectivity index (χ1n) is 7.55. The number of methoxy groups -OCH3 is 2. The topological polar surface area (TPSA) is 61.8 Å². The Balaban J connectivity index is 2.79. The monoisotopic (exact) mass is 328 g/mol. The number of esters is 2. The van der Waals surface area contributed by atoms with Gasteiger partial charge in [-0.2, -0.15) is 0 Å². The molecule has 5 nitrogen and oxygen atoms in total. The third kappa shape index (κ3) is 4.20. The lowest BCUT2D eigenvalue weighted by Crippen LogP contribution is -2.43. The van der Waals surface area contributed by atoms with Crippen molar-refractivity contribution in [1.82, 2.24) is 0 Å². The minimum absolute atomic E-state index is 0.0669. The molecule has 0 spiro atoms. The Morgan fingerprint density at radius 2 is 1.59 bits per heavy atom. The molecule has 6 heteroatoms. The molecule has 1 aliphatic rings. The number of carbonyl (C=O) groups excluding carboxylic acids is 2. The summed E-state index contributed by atoms with van der Waals surface area (Å²) in [5, 5.41) is 0.114. The van der Waals surface area contributed by atoms with Crippen molar-refractivity contribution in [2.75, 3.05) is 14.2 Å². The molecule has 0 aromatic rings. The second kappa shape index (κ2) is 6.96. The largest absolute Gasteiger partial charge is 0.468 e. The van der Waals surface area contributed by atoms with E-state index in [1.807, 2.05) is 12.2 Å². The highest BCUT2D eigenvalue weighted by atomic mass is 28.4. The van der Waals surface area contributed by atoms with Gasteiger partial charge in [0.1, 0.15) is 0 Å². The van der Waals surface area contributed by atoms with Crippen molar-refractivity contribution in [3.05, 3.63) is 12.2 Å². The standard InChI is InChI=1S/C16H28O5Si/c1-16(2,3)22(6,7)21-12-9-8-11(10-12)13(14(17)19-4)15(18)20-5/h8-9,11-13H,10H2,1-7H3/t11-,12-/m1/s1. The van der Waals surface area contributed by atoms with Crippen LogP contribution in [0.4, 0.5) is 0 Å². The van der Waals surface area contributed by atoms with E-state index in [-0.39, 0.29) is 17.1 Å². The van der Waals surface area contributed by atoms with Crippen molar-refractivity contribution < 1.29 is 23.5 Å². The SMILES string of the molecule is COC(=O)C(C(=O)OC)[C@@H]1C=C[C@@H](O[Si](C)(C)C(C)(C)C)C1. The fraction of sp³-hybridized carbons (Fsp3) is 0.750. The van der Waals surface area contributed by atoms with Crippen LogP contribution in [0.2, 0.25) is 18.1 Å². The Labute approximate surface area is 134 Å². The Hall–Kier alpha value is -1.14. The second-order valence-electron chi connectivity index (χ2n) is 7.23. The van der Waals surface area contributed by atoms with E-state index < -0.39 is 26.2 Å². The van der Waals surface area contributed by atoms with Crippen LogP contribution in [0.15, 0.2) is 12.2 Å². The minimum atomic E-state index is -1.89. The van der Waals surface area contributed by atoms with Crippen molar-refractivity contribution in [3.63, 3.8) is 0 Å². The van der Waals surface area contributed by atoms with E-state index in [1.54, 1.807) is 0 Å². The number of hydrogen-bond donors (Lipinski definition) is 0. The quantitative estimate of drug-likeness (QED) is 0.336. The molecule has 1 aliphatic carbocycles. The van der Waals surface area contributed by atoms with Gasteiger partial charge in [-0.25, -0.2) is 0 Å². The van der Waals surface area contributed by atoms with E-state index in [4.69, 9.17) is 13.9 Å². The number of hydrogen-bond acceptors (Lipinski definition) is 5. The second-order valence-corrected chi connectivity index (χ2v) is 12.0. The normalized spacial score (nSPS) is 22.0. The fourth-order valence-electron chi connectivity index (χ4n) is 2.28. The summed E-state index contributed by atoms with van der Waals surface area (Å²) in [5.74, 6) is -2.28. The van der Waals surface area contributed by atoms with Crippen LogP contribution in [0.1, 0.15) is 27.2 Å². The molecule has 0 saturated carbocycles. The van der Waals surface area contributed by atoms with Gasteiger partial charge in [-0.3, -0.25) is 9.59 Å². The van der Waals surface area contributed by atoms with Gasteiger partial charge in [-0.1, -0.05) is 32.9 Å². The average Bonchev–Trinajstić information content (AvgIpc) is 2.84. The summed E-state index contributed by atoms with van der Waals surface area (Å²) in [6.45, 7) is 10.9. The molecule has 22 heavy (non-hydrogen) atoms. The van der Waals surface area contributed by atoms with Crippen LogP contribution in [-0.4, -0.2) is 40.6 Å². The summed E-state index contributed by atoms with van der Waals surface area (Å²) in [5.41, 5.74) is 0. The third-order valence-electron chi connectivity index (χ3n) is 4.67. The van der Waals surface area contributed by atoms with Crippen molar-refractivity contribution in [2.24, 2.45) is 11.8 Å². The van der Waals surface area contributed by atoms with Gasteiger partial charge in [0.2, 0.25) is 0 Å². The van der Waals surface area contributed by atoms with Crippen molar-refractivity contribution in [1.29, 1.82) is 0 Å². The van der Waals surface area contributed by atoms with Crippen molar-refractivity contribution in [2.45, 2.75) is 51.4 Å². The maximum atomic E-state index is 11.9. The molecule has 2 atom stereocenters. The lowest BCUT2D eigenvalue weighted by Gasteiger charge is -2.38. The van der Waals surface area contributed by atoms with Gasteiger partial charge < -0.3 is 13.9 Å². The molecule has 0 unspecified atom stereocenters. The lowest BCUT2D eigenvalue weighted by atomic mass is 9.91. The highest BCUT2D eigenvalue weighted by Crippen LogP contribution is 2.39. The van der Waals surface area contributed by atoms with Gasteiger partial charge in [0.15, 0.2) is 14.2 Å². The highest BCUT2D eigenvalue weighted by molar-refractivity contribution is 6.74. The molecule has 126 valence electrons. The van der Waals surface area contributed by atoms with E-state index in [1.165, 1.54) is 14.2 Å². The Bertz CT molecular complexity index is 434. The zero-order valence-electron chi connectivity index (χ0n) is 14.6. The van der Waals surface area contributed by atoms with Crippen LogP contribution in [-0.2, 0) is 23.5 Å². The first kappa shape index (κ1) is 18.9. The molecule has 0 saturated heterocycles. The van der Waals surface area contributed by atoms with Gasteiger partial charge in [-0.05, 0) is 24.6 Å². The summed E-state index contributed by atoms with van der Waals surface area (Å²) in [6.07, 6.45) is 4.35. The Kier molecular flexibility index (Phi) is 5.98. The van der Waals surface area contributed by atoms with E-state index in [2.05, 4.69) is 33.9 Å². The first-order valence-corrected chi connectivity index (χ1v) is 10.5. The summed E-state index contributed by atoms with van der Waals surface area (Å²) in [6, 6.07) is 0. The summed E-state index contributed by atoms with van der Waals surface area (Å²) in [4.78, 5) is 23.7. The van der Waals surface area contributed by atoms with Crippen LogP contribution >= 0.6 is 0 Å². The molecule has 0 radical (unpaired) electrons. The van der Waals surface area contributed by atoms with Crippen LogP contribution in [0.5, 0.6) is 0 Å². The molecule has 0 bridgehead atoms. The van der Waals surface area contributed by atoms with E-state index in [0.717, 1.165) is 0 Å². The number of allylic oxidation sites excluding steroid dienone is 1. The molecule has 0 fully saturated rings. The average molecular weight is 328 g/mol. The zero-order chi connectivity index (χ0) is 17.1. The molecular weight excluding hydrogens is 300 g/mol. The first-order chi connectivity index (χ1) is 10.0. The van der Waals surface area contributed by atoms with Gasteiger partial charge in [-0.15, -0.1) is 0 Å². The van der Waals surface area contributed by atoms with Crippen molar-refractivity contribution >= 4 is 20.3 Å². The van der Waals surface area contributed by atoms with Crippen molar-refractivity contribution in [3.8, 4) is 0 Å². The summed E-state index contributed by atoms with van der Waals surface area (Å²) >= 11 is 0. The van der Waals surface area contributed by atoms with Crippen LogP contribution in [0.3, 0.4) is 0 Å². The smallest absolute Gasteiger partial charge is 0.320 e. The Morgan fingerprint density at radius 3 is 2.00 bits per heavy atom. The molecule has 1 rings (SSSR count). The summed E-state index contributed by atoms with van der Waals surface area (Å²) in [7, 11) is 0.668. The van der Waals surface area contributed by atoms with E-state index in [0.29, 0.717) is 6.42 Å². The molecular formula is C16H28O5Si. The predicted octanol–water partition coefficient (Wildman–Crippen LogP) is 2.92. The van der Waals surface area contributed by atoms with Gasteiger partial charge >= 0.3 is 11.9 Å². The number of carbonyl (C=O) groups is 2. The number of rotatable bonds is 5. The molecule has 0 aromatic carbocycles. The number of ether oxygens (including phenoxy) is 2. The predicted molar refractivity (Wildman–Crippen MR) is 86.8 cm³/mol. The fourth-order valence-corrected chi connectivity index (χ4v) is 3.57. The van der Waals surface area contributed by atoms with Gasteiger partial charge in [0.25, 0.3) is 0 Å². The van der Waals surface area contributed by atoms with Crippen LogP contribution in [0, 0.1) is 11.8 Å². The molecule has 0 amide bonds. The van der Waals surface area contributed by atoms with Crippen LogP contribution < -0.4 is 0 Å². The molecule has 0 heterocycles. The summed E-state index contributed by atoms with van der Waals surface area (Å²) < 4.78 is 15.8. The molecule has 0 aliphatic heterocycles. The highest BCUT2D eigenvalue weighted by Gasteiger charge is 2.43. The van der Waals surface area contributed by atoms with Gasteiger partial charge in [0.05, 0.1) is 20.3 Å². The maximum Gasteiger partial charge on any atom is 0.320 e. The van der Waals surface area contributed by atoms with E-state index >= 15 is 0 Å². The van der Waals surface area contributed by atoms with Crippen LogP contribution in [0.25, 0.3) is 0 Å². The maximum absolute atomic E-state index is 11.9.